The third kappa shape index (κ3) is 3.72. The first-order chi connectivity index (χ1) is 11.8. The van der Waals surface area contributed by atoms with Crippen molar-refractivity contribution in [3.63, 3.8) is 0 Å². The molecule has 0 amide bonds. The van der Waals surface area contributed by atoms with Gasteiger partial charge in [-0.15, -0.1) is 0 Å². The molecule has 122 valence electrons. The maximum atomic E-state index is 14.1. The predicted molar refractivity (Wildman–Crippen MR) is 90.8 cm³/mol. The van der Waals surface area contributed by atoms with Crippen LogP contribution < -0.4 is 5.32 Å². The minimum absolute atomic E-state index is 0.0910. The van der Waals surface area contributed by atoms with Crippen molar-refractivity contribution in [3.05, 3.63) is 60.7 Å². The number of benzene rings is 1. The molecule has 0 unspecified atom stereocenters. The molecule has 0 aliphatic heterocycles. The van der Waals surface area contributed by atoms with Crippen LogP contribution in [0.15, 0.2) is 54.9 Å². The Labute approximate surface area is 139 Å². The number of aliphatic hydroxyl groups excluding tert-OH is 1. The second-order valence-corrected chi connectivity index (χ2v) is 5.19. The van der Waals surface area contributed by atoms with Crippen molar-refractivity contribution < 1.29 is 9.50 Å². The van der Waals surface area contributed by atoms with Crippen LogP contribution >= 0.6 is 0 Å². The lowest BCUT2D eigenvalue weighted by molar-refractivity contribution is 0.292. The van der Waals surface area contributed by atoms with Gasteiger partial charge >= 0.3 is 0 Å². The lowest BCUT2D eigenvalue weighted by Gasteiger charge is -2.10. The van der Waals surface area contributed by atoms with Gasteiger partial charge in [0.15, 0.2) is 5.82 Å². The Morgan fingerprint density at radius 2 is 1.96 bits per heavy atom. The van der Waals surface area contributed by atoms with Gasteiger partial charge in [0.25, 0.3) is 0 Å². The van der Waals surface area contributed by atoms with E-state index in [2.05, 4.69) is 20.3 Å². The van der Waals surface area contributed by atoms with E-state index < -0.39 is 0 Å². The molecule has 2 aromatic heterocycles. The van der Waals surface area contributed by atoms with Crippen molar-refractivity contribution in [2.45, 2.75) is 6.42 Å². The molecule has 0 fully saturated rings. The topological polar surface area (TPSA) is 70.9 Å². The van der Waals surface area contributed by atoms with E-state index in [0.717, 1.165) is 5.56 Å². The van der Waals surface area contributed by atoms with Crippen LogP contribution in [0.5, 0.6) is 0 Å². The monoisotopic (exact) mass is 324 g/mol. The molecule has 0 aliphatic rings. The standard InChI is InChI=1S/C18H17FN4O/c19-15-7-2-1-6-14(15)16-11-17(21-9-4-10-24)23-18(22-16)13-5-3-8-20-12-13/h1-3,5-8,11-12,24H,4,9-10H2,(H,21,22,23). The summed E-state index contributed by atoms with van der Waals surface area (Å²) in [6, 6.07) is 11.8. The number of rotatable bonds is 6. The summed E-state index contributed by atoms with van der Waals surface area (Å²) in [4.78, 5) is 13.0. The highest BCUT2D eigenvalue weighted by Gasteiger charge is 2.11. The highest BCUT2D eigenvalue weighted by atomic mass is 19.1. The Morgan fingerprint density at radius 1 is 1.08 bits per heavy atom. The largest absolute Gasteiger partial charge is 0.396 e. The van der Waals surface area contributed by atoms with E-state index in [9.17, 15) is 4.39 Å². The molecule has 0 spiro atoms. The molecular weight excluding hydrogens is 307 g/mol. The van der Waals surface area contributed by atoms with Crippen molar-refractivity contribution in [2.24, 2.45) is 0 Å². The van der Waals surface area contributed by atoms with Gasteiger partial charge in [-0.1, -0.05) is 12.1 Å². The number of anilines is 1. The minimum atomic E-state index is -0.338. The van der Waals surface area contributed by atoms with Gasteiger partial charge in [0.1, 0.15) is 11.6 Å². The lowest BCUT2D eigenvalue weighted by atomic mass is 10.1. The Hall–Kier alpha value is -2.86. The highest BCUT2D eigenvalue weighted by molar-refractivity contribution is 5.67. The van der Waals surface area contributed by atoms with Gasteiger partial charge in [-0.2, -0.15) is 0 Å². The summed E-state index contributed by atoms with van der Waals surface area (Å²) in [5, 5.41) is 12.0. The van der Waals surface area contributed by atoms with E-state index >= 15 is 0 Å². The van der Waals surface area contributed by atoms with Crippen molar-refractivity contribution in [1.29, 1.82) is 0 Å². The van der Waals surface area contributed by atoms with Gasteiger partial charge in [-0.05, 0) is 30.7 Å². The summed E-state index contributed by atoms with van der Waals surface area (Å²) >= 11 is 0. The molecule has 0 aliphatic carbocycles. The quantitative estimate of drug-likeness (QED) is 0.682. The Bertz CT molecular complexity index is 811. The summed E-state index contributed by atoms with van der Waals surface area (Å²) in [6.07, 6.45) is 3.93. The third-order valence-corrected chi connectivity index (χ3v) is 3.44. The summed E-state index contributed by atoms with van der Waals surface area (Å²) in [5.74, 6) is 0.709. The smallest absolute Gasteiger partial charge is 0.163 e. The molecule has 6 heteroatoms. The lowest BCUT2D eigenvalue weighted by Crippen LogP contribution is -2.07. The number of aliphatic hydroxyl groups is 1. The highest BCUT2D eigenvalue weighted by Crippen LogP contribution is 2.25. The molecule has 24 heavy (non-hydrogen) atoms. The summed E-state index contributed by atoms with van der Waals surface area (Å²) in [6.45, 7) is 0.657. The number of hydrogen-bond donors (Lipinski definition) is 2. The number of halogens is 1. The molecule has 1 aromatic carbocycles. The van der Waals surface area contributed by atoms with Gasteiger partial charge in [0, 0.05) is 42.7 Å². The van der Waals surface area contributed by atoms with E-state index in [0.29, 0.717) is 35.9 Å². The molecular formula is C18H17FN4O. The summed E-state index contributed by atoms with van der Waals surface area (Å²) < 4.78 is 14.1. The number of pyridine rings is 1. The second kappa shape index (κ2) is 7.61. The van der Waals surface area contributed by atoms with Gasteiger partial charge in [0.05, 0.1) is 5.69 Å². The first-order valence-corrected chi connectivity index (χ1v) is 7.67. The number of hydrogen-bond acceptors (Lipinski definition) is 5. The van der Waals surface area contributed by atoms with E-state index in [-0.39, 0.29) is 12.4 Å². The van der Waals surface area contributed by atoms with E-state index in [1.165, 1.54) is 6.07 Å². The van der Waals surface area contributed by atoms with Crippen LogP contribution in [0.1, 0.15) is 6.42 Å². The van der Waals surface area contributed by atoms with E-state index in [4.69, 9.17) is 5.11 Å². The molecule has 2 heterocycles. The van der Waals surface area contributed by atoms with Crippen LogP contribution in [0, 0.1) is 5.82 Å². The van der Waals surface area contributed by atoms with Crippen LogP contribution in [0.25, 0.3) is 22.6 Å². The Kier molecular flexibility index (Phi) is 5.08. The van der Waals surface area contributed by atoms with Crippen LogP contribution in [-0.4, -0.2) is 33.2 Å². The zero-order valence-corrected chi connectivity index (χ0v) is 13.0. The van der Waals surface area contributed by atoms with Gasteiger partial charge in [0.2, 0.25) is 0 Å². The van der Waals surface area contributed by atoms with Crippen LogP contribution in [0.2, 0.25) is 0 Å². The van der Waals surface area contributed by atoms with E-state index in [1.807, 2.05) is 6.07 Å². The third-order valence-electron chi connectivity index (χ3n) is 3.44. The molecule has 0 radical (unpaired) electrons. The number of aromatic nitrogens is 3. The van der Waals surface area contributed by atoms with Gasteiger partial charge < -0.3 is 10.4 Å². The van der Waals surface area contributed by atoms with Gasteiger partial charge in [-0.25, -0.2) is 14.4 Å². The molecule has 3 aromatic rings. The fourth-order valence-electron chi connectivity index (χ4n) is 2.26. The average molecular weight is 324 g/mol. The summed E-state index contributed by atoms with van der Waals surface area (Å²) in [7, 11) is 0. The van der Waals surface area contributed by atoms with Crippen molar-refractivity contribution in [3.8, 4) is 22.6 Å². The van der Waals surface area contributed by atoms with Crippen molar-refractivity contribution >= 4 is 5.82 Å². The number of nitrogens with zero attached hydrogens (tertiary/aromatic N) is 3. The van der Waals surface area contributed by atoms with Crippen molar-refractivity contribution in [1.82, 2.24) is 15.0 Å². The molecule has 3 rings (SSSR count). The van der Waals surface area contributed by atoms with E-state index in [1.54, 1.807) is 42.7 Å². The van der Waals surface area contributed by atoms with Crippen LogP contribution in [0.3, 0.4) is 0 Å². The van der Waals surface area contributed by atoms with Crippen molar-refractivity contribution in [2.75, 3.05) is 18.5 Å². The molecule has 0 bridgehead atoms. The zero-order valence-electron chi connectivity index (χ0n) is 13.0. The SMILES string of the molecule is OCCCNc1cc(-c2ccccc2F)nc(-c2cccnc2)n1. The maximum absolute atomic E-state index is 14.1. The first-order valence-electron chi connectivity index (χ1n) is 7.67. The van der Waals surface area contributed by atoms with Crippen LogP contribution in [0.4, 0.5) is 10.2 Å². The average Bonchev–Trinajstić information content (AvgIpc) is 2.63. The van der Waals surface area contributed by atoms with Crippen LogP contribution in [-0.2, 0) is 0 Å². The fraction of sp³-hybridized carbons (Fsp3) is 0.167. The predicted octanol–water partition coefficient (Wildman–Crippen LogP) is 3.14. The molecule has 2 N–H and O–H groups in total. The number of nitrogens with one attached hydrogen (secondary N) is 1. The summed E-state index contributed by atoms with van der Waals surface area (Å²) in [5.41, 5.74) is 1.66. The molecule has 0 saturated carbocycles. The minimum Gasteiger partial charge on any atom is -0.396 e. The molecule has 5 nitrogen and oxygen atoms in total. The molecule has 0 atom stereocenters. The molecule has 0 saturated heterocycles. The normalized spacial score (nSPS) is 10.6. The Morgan fingerprint density at radius 3 is 2.71 bits per heavy atom. The maximum Gasteiger partial charge on any atom is 0.163 e. The first kappa shape index (κ1) is 16.0. The van der Waals surface area contributed by atoms with Gasteiger partial charge in [-0.3, -0.25) is 4.98 Å². The second-order valence-electron chi connectivity index (χ2n) is 5.19. The fourth-order valence-corrected chi connectivity index (χ4v) is 2.26. The zero-order chi connectivity index (χ0) is 16.8. The Balaban J connectivity index is 2.04.